The van der Waals surface area contributed by atoms with E-state index in [9.17, 15) is 9.59 Å². The van der Waals surface area contributed by atoms with Crippen LogP contribution in [0.15, 0.2) is 18.2 Å². The van der Waals surface area contributed by atoms with Gasteiger partial charge in [0.15, 0.2) is 0 Å². The Morgan fingerprint density at radius 3 is 2.54 bits per heavy atom. The van der Waals surface area contributed by atoms with E-state index in [4.69, 9.17) is 9.47 Å². The van der Waals surface area contributed by atoms with Crippen LogP contribution < -0.4 is 4.74 Å². The van der Waals surface area contributed by atoms with Gasteiger partial charge < -0.3 is 14.4 Å². The Morgan fingerprint density at radius 1 is 1.15 bits per heavy atom. The number of likely N-dealkylation sites (tertiary alicyclic amines) is 1. The van der Waals surface area contributed by atoms with E-state index in [0.29, 0.717) is 12.5 Å². The lowest BCUT2D eigenvalue weighted by Crippen LogP contribution is -2.46. The molecule has 0 bridgehead atoms. The predicted molar refractivity (Wildman–Crippen MR) is 99.0 cm³/mol. The summed E-state index contributed by atoms with van der Waals surface area (Å²) in [6, 6.07) is 5.76. The molecule has 1 aromatic carbocycles. The number of carbonyl (C=O) groups excluding carboxylic acids is 2. The molecule has 3 unspecified atom stereocenters. The number of hydrogen-bond acceptors (Lipinski definition) is 4. The van der Waals surface area contributed by atoms with E-state index in [1.54, 1.807) is 0 Å². The number of ether oxygens (including phenoxy) is 2. The first-order chi connectivity index (χ1) is 12.5. The number of aryl methyl sites for hydroxylation is 2. The van der Waals surface area contributed by atoms with Gasteiger partial charge in [0.05, 0.1) is 20.1 Å². The van der Waals surface area contributed by atoms with Crippen LogP contribution in [-0.2, 0) is 14.3 Å². The monoisotopic (exact) mass is 359 g/mol. The fourth-order valence-electron chi connectivity index (χ4n) is 4.56. The molecular weight excluding hydrogens is 330 g/mol. The largest absolute Gasteiger partial charge is 0.493 e. The van der Waals surface area contributed by atoms with Crippen molar-refractivity contribution in [2.45, 2.75) is 64.5 Å². The Morgan fingerprint density at radius 2 is 1.85 bits per heavy atom. The summed E-state index contributed by atoms with van der Waals surface area (Å²) in [7, 11) is 1.40. The lowest BCUT2D eigenvalue weighted by molar-refractivity contribution is -0.152. The minimum Gasteiger partial charge on any atom is -0.493 e. The first-order valence-corrected chi connectivity index (χ1v) is 9.61. The second-order valence-corrected chi connectivity index (χ2v) is 7.51. The number of benzene rings is 1. The molecule has 1 aliphatic heterocycles. The molecule has 0 radical (unpaired) electrons. The van der Waals surface area contributed by atoms with Crippen LogP contribution in [0.2, 0.25) is 0 Å². The normalized spacial score (nSPS) is 24.9. The van der Waals surface area contributed by atoms with E-state index in [0.717, 1.165) is 42.6 Å². The molecule has 26 heavy (non-hydrogen) atoms. The Hall–Kier alpha value is -2.04. The number of amides is 1. The van der Waals surface area contributed by atoms with Gasteiger partial charge in [-0.3, -0.25) is 4.79 Å². The molecule has 3 atom stereocenters. The summed E-state index contributed by atoms with van der Waals surface area (Å²) in [5.74, 6) is 0.988. The van der Waals surface area contributed by atoms with Crippen molar-refractivity contribution < 1.29 is 19.1 Å². The molecule has 1 saturated heterocycles. The highest BCUT2D eigenvalue weighted by Crippen LogP contribution is 2.40. The zero-order chi connectivity index (χ0) is 18.7. The maximum Gasteiger partial charge on any atom is 0.328 e. The molecule has 3 rings (SSSR count). The van der Waals surface area contributed by atoms with Gasteiger partial charge in [0.25, 0.3) is 0 Å². The Labute approximate surface area is 155 Å². The highest BCUT2D eigenvalue weighted by Gasteiger charge is 2.47. The van der Waals surface area contributed by atoms with Crippen molar-refractivity contribution in [3.63, 3.8) is 0 Å². The van der Waals surface area contributed by atoms with E-state index >= 15 is 0 Å². The van der Waals surface area contributed by atoms with Crippen molar-refractivity contribution >= 4 is 11.9 Å². The predicted octanol–water partition coefficient (Wildman–Crippen LogP) is 3.41. The topological polar surface area (TPSA) is 55.8 Å². The fraction of sp³-hybridized carbons (Fsp3) is 0.619. The standard InChI is InChI=1S/C21H29NO4/c1-14-7-6-8-15(2)20(14)26-12-11-19(23)22-17-10-5-4-9-16(17)13-18(22)21(24)25-3/h6-8,16-18H,4-5,9-13H2,1-3H3. The Balaban J connectivity index is 1.65. The molecule has 142 valence electrons. The highest BCUT2D eigenvalue weighted by atomic mass is 16.5. The minimum absolute atomic E-state index is 0.000960. The Kier molecular flexibility index (Phi) is 5.84. The number of methoxy groups -OCH3 is 1. The number of nitrogens with zero attached hydrogens (tertiary/aromatic N) is 1. The smallest absolute Gasteiger partial charge is 0.328 e. The van der Waals surface area contributed by atoms with Gasteiger partial charge in [-0.1, -0.05) is 31.0 Å². The molecule has 5 heteroatoms. The van der Waals surface area contributed by atoms with Gasteiger partial charge in [-0.25, -0.2) is 4.79 Å². The lowest BCUT2D eigenvalue weighted by atomic mass is 9.84. The third-order valence-corrected chi connectivity index (χ3v) is 5.82. The molecule has 0 spiro atoms. The number of para-hydroxylation sites is 1. The molecule has 1 aliphatic carbocycles. The van der Waals surface area contributed by atoms with E-state index in [2.05, 4.69) is 0 Å². The van der Waals surface area contributed by atoms with Gasteiger partial charge in [-0.05, 0) is 50.2 Å². The lowest BCUT2D eigenvalue weighted by Gasteiger charge is -2.33. The third-order valence-electron chi connectivity index (χ3n) is 5.82. The van der Waals surface area contributed by atoms with Crippen LogP contribution in [0.4, 0.5) is 0 Å². The summed E-state index contributed by atoms with van der Waals surface area (Å²) >= 11 is 0. The molecule has 0 N–H and O–H groups in total. The van der Waals surface area contributed by atoms with Crippen LogP contribution in [0.1, 0.15) is 49.7 Å². The summed E-state index contributed by atoms with van der Waals surface area (Å²) in [6.07, 6.45) is 5.42. The van der Waals surface area contributed by atoms with E-state index < -0.39 is 6.04 Å². The maximum absolute atomic E-state index is 12.9. The minimum atomic E-state index is -0.430. The number of fused-ring (bicyclic) bond motifs is 1. The fourth-order valence-corrected chi connectivity index (χ4v) is 4.56. The van der Waals surface area contributed by atoms with Gasteiger partial charge in [-0.2, -0.15) is 0 Å². The molecule has 1 heterocycles. The van der Waals surface area contributed by atoms with Crippen LogP contribution in [-0.4, -0.2) is 42.6 Å². The number of carbonyl (C=O) groups is 2. The van der Waals surface area contributed by atoms with E-state index in [1.807, 2.05) is 36.9 Å². The summed E-state index contributed by atoms with van der Waals surface area (Å²) in [4.78, 5) is 26.9. The summed E-state index contributed by atoms with van der Waals surface area (Å²) in [5, 5.41) is 0. The molecule has 1 aromatic rings. The zero-order valence-electron chi connectivity index (χ0n) is 16.0. The van der Waals surface area contributed by atoms with Crippen molar-refractivity contribution in [1.82, 2.24) is 4.90 Å². The summed E-state index contributed by atoms with van der Waals surface area (Å²) < 4.78 is 10.9. The van der Waals surface area contributed by atoms with E-state index in [1.165, 1.54) is 13.5 Å². The maximum atomic E-state index is 12.9. The van der Waals surface area contributed by atoms with Crippen LogP contribution in [0.3, 0.4) is 0 Å². The summed E-state index contributed by atoms with van der Waals surface area (Å²) in [6.45, 7) is 4.33. The van der Waals surface area contributed by atoms with Crippen molar-refractivity contribution in [3.8, 4) is 5.75 Å². The molecule has 1 saturated carbocycles. The first-order valence-electron chi connectivity index (χ1n) is 9.61. The van der Waals surface area contributed by atoms with Crippen LogP contribution in [0.5, 0.6) is 5.75 Å². The van der Waals surface area contributed by atoms with Crippen molar-refractivity contribution in [2.24, 2.45) is 5.92 Å². The zero-order valence-corrected chi connectivity index (χ0v) is 16.0. The van der Waals surface area contributed by atoms with Crippen LogP contribution >= 0.6 is 0 Å². The number of hydrogen-bond donors (Lipinski definition) is 0. The molecule has 1 amide bonds. The van der Waals surface area contributed by atoms with Crippen LogP contribution in [0.25, 0.3) is 0 Å². The second kappa shape index (κ2) is 8.11. The molecule has 2 aliphatic rings. The average Bonchev–Trinajstić information content (AvgIpc) is 3.03. The van der Waals surface area contributed by atoms with Gasteiger partial charge in [0.1, 0.15) is 11.8 Å². The van der Waals surface area contributed by atoms with E-state index in [-0.39, 0.29) is 24.3 Å². The second-order valence-electron chi connectivity index (χ2n) is 7.51. The summed E-state index contributed by atoms with van der Waals surface area (Å²) in [5.41, 5.74) is 2.14. The van der Waals surface area contributed by atoms with Gasteiger partial charge in [0, 0.05) is 6.04 Å². The van der Waals surface area contributed by atoms with Crippen molar-refractivity contribution in [1.29, 1.82) is 0 Å². The van der Waals surface area contributed by atoms with Crippen molar-refractivity contribution in [2.75, 3.05) is 13.7 Å². The highest BCUT2D eigenvalue weighted by molar-refractivity contribution is 5.85. The molecule has 0 aromatic heterocycles. The molecular formula is C21H29NO4. The van der Waals surface area contributed by atoms with Crippen LogP contribution in [0, 0.1) is 19.8 Å². The average molecular weight is 359 g/mol. The van der Waals surface area contributed by atoms with Crippen molar-refractivity contribution in [3.05, 3.63) is 29.3 Å². The first kappa shape index (κ1) is 18.7. The quantitative estimate of drug-likeness (QED) is 0.756. The molecule has 2 fully saturated rings. The van der Waals surface area contributed by atoms with Gasteiger partial charge >= 0.3 is 5.97 Å². The number of esters is 1. The SMILES string of the molecule is COC(=O)C1CC2CCCCC2N1C(=O)CCOc1c(C)cccc1C. The van der Waals surface area contributed by atoms with Gasteiger partial charge in [-0.15, -0.1) is 0 Å². The van der Waals surface area contributed by atoms with Gasteiger partial charge in [0.2, 0.25) is 5.91 Å². The number of rotatable bonds is 5. The molecule has 5 nitrogen and oxygen atoms in total. The Bertz CT molecular complexity index is 652. The third kappa shape index (κ3) is 3.71.